The van der Waals surface area contributed by atoms with Crippen molar-refractivity contribution in [1.29, 1.82) is 0 Å². The van der Waals surface area contributed by atoms with Crippen molar-refractivity contribution in [3.05, 3.63) is 24.0 Å². The van der Waals surface area contributed by atoms with Gasteiger partial charge in [-0.05, 0) is 39.3 Å². The van der Waals surface area contributed by atoms with Crippen LogP contribution in [0.5, 0.6) is 0 Å². The summed E-state index contributed by atoms with van der Waals surface area (Å²) >= 11 is 0. The van der Waals surface area contributed by atoms with Gasteiger partial charge < -0.3 is 20.1 Å². The first-order chi connectivity index (χ1) is 10.3. The molecule has 1 aromatic rings. The fraction of sp³-hybridized carbons (Fsp3) is 0.533. The monoisotopic (exact) mass is 309 g/mol. The third-order valence-corrected chi connectivity index (χ3v) is 2.51. The number of ether oxygens (including phenoxy) is 2. The number of aromatic nitrogens is 1. The Balaban J connectivity index is 2.28. The van der Waals surface area contributed by atoms with E-state index in [-0.39, 0.29) is 5.69 Å². The maximum Gasteiger partial charge on any atom is 0.407 e. The molecule has 122 valence electrons. The van der Waals surface area contributed by atoms with Crippen molar-refractivity contribution >= 4 is 17.7 Å². The second-order valence-corrected chi connectivity index (χ2v) is 5.63. The van der Waals surface area contributed by atoms with Gasteiger partial charge in [0, 0.05) is 25.0 Å². The molecule has 0 atom stereocenters. The van der Waals surface area contributed by atoms with Gasteiger partial charge in [-0.2, -0.15) is 0 Å². The number of pyridine rings is 1. The predicted octanol–water partition coefficient (Wildman–Crippen LogP) is 2.19. The minimum Gasteiger partial charge on any atom is -0.464 e. The van der Waals surface area contributed by atoms with Crippen LogP contribution in [-0.4, -0.2) is 42.8 Å². The van der Waals surface area contributed by atoms with Gasteiger partial charge in [0.2, 0.25) is 0 Å². The predicted molar refractivity (Wildman–Crippen MR) is 82.9 cm³/mol. The fourth-order valence-corrected chi connectivity index (χ4v) is 1.58. The lowest BCUT2D eigenvalue weighted by Crippen LogP contribution is -2.33. The molecule has 0 saturated carbocycles. The number of esters is 1. The molecule has 1 aromatic heterocycles. The summed E-state index contributed by atoms with van der Waals surface area (Å²) in [6.45, 7) is 6.58. The van der Waals surface area contributed by atoms with E-state index in [1.54, 1.807) is 12.1 Å². The molecule has 0 fully saturated rings. The first-order valence-electron chi connectivity index (χ1n) is 7.07. The Hall–Kier alpha value is -2.31. The van der Waals surface area contributed by atoms with Crippen LogP contribution in [-0.2, 0) is 9.47 Å². The number of anilines is 1. The number of amides is 1. The zero-order chi connectivity index (χ0) is 16.6. The minimum absolute atomic E-state index is 0.249. The zero-order valence-corrected chi connectivity index (χ0v) is 13.4. The fourth-order valence-electron chi connectivity index (χ4n) is 1.58. The molecule has 22 heavy (non-hydrogen) atoms. The van der Waals surface area contributed by atoms with E-state index in [0.717, 1.165) is 12.1 Å². The van der Waals surface area contributed by atoms with Crippen molar-refractivity contribution < 1.29 is 19.1 Å². The number of methoxy groups -OCH3 is 1. The Kier molecular flexibility index (Phi) is 6.62. The third kappa shape index (κ3) is 6.92. The normalized spacial score (nSPS) is 10.7. The van der Waals surface area contributed by atoms with Gasteiger partial charge in [-0.1, -0.05) is 0 Å². The molecule has 1 rings (SSSR count). The van der Waals surface area contributed by atoms with Gasteiger partial charge in [-0.3, -0.25) is 0 Å². The van der Waals surface area contributed by atoms with E-state index >= 15 is 0 Å². The van der Waals surface area contributed by atoms with Gasteiger partial charge in [0.05, 0.1) is 7.11 Å². The van der Waals surface area contributed by atoms with Crippen molar-refractivity contribution in [3.8, 4) is 0 Å². The number of nitrogens with zero attached hydrogens (tertiary/aromatic N) is 1. The molecule has 0 bridgehead atoms. The third-order valence-electron chi connectivity index (χ3n) is 2.51. The quantitative estimate of drug-likeness (QED) is 0.618. The van der Waals surface area contributed by atoms with Crippen molar-refractivity contribution in [2.45, 2.75) is 32.8 Å². The molecular formula is C15H23N3O4. The summed E-state index contributed by atoms with van der Waals surface area (Å²) in [5, 5.41) is 5.82. The van der Waals surface area contributed by atoms with Crippen LogP contribution in [0.2, 0.25) is 0 Å². The highest BCUT2D eigenvalue weighted by Gasteiger charge is 2.15. The average Bonchev–Trinajstić information content (AvgIpc) is 2.44. The van der Waals surface area contributed by atoms with Gasteiger partial charge in [0.1, 0.15) is 11.3 Å². The number of rotatable bonds is 6. The first kappa shape index (κ1) is 17.7. The van der Waals surface area contributed by atoms with E-state index in [0.29, 0.717) is 13.1 Å². The molecule has 1 heterocycles. The van der Waals surface area contributed by atoms with Crippen LogP contribution in [0.3, 0.4) is 0 Å². The van der Waals surface area contributed by atoms with E-state index in [1.807, 2.05) is 20.8 Å². The summed E-state index contributed by atoms with van der Waals surface area (Å²) < 4.78 is 9.74. The van der Waals surface area contributed by atoms with Crippen LogP contribution >= 0.6 is 0 Å². The Bertz CT molecular complexity index is 512. The molecule has 0 aliphatic carbocycles. The Morgan fingerprint density at radius 1 is 1.27 bits per heavy atom. The number of alkyl carbamates (subject to hydrolysis) is 1. The Morgan fingerprint density at radius 2 is 2.00 bits per heavy atom. The largest absolute Gasteiger partial charge is 0.464 e. The smallest absolute Gasteiger partial charge is 0.407 e. The second kappa shape index (κ2) is 8.21. The molecule has 7 nitrogen and oxygen atoms in total. The van der Waals surface area contributed by atoms with Crippen LogP contribution in [0, 0.1) is 0 Å². The van der Waals surface area contributed by atoms with E-state index in [4.69, 9.17) is 4.74 Å². The van der Waals surface area contributed by atoms with Crippen LogP contribution in [0.1, 0.15) is 37.7 Å². The van der Waals surface area contributed by atoms with Crippen LogP contribution in [0.25, 0.3) is 0 Å². The zero-order valence-electron chi connectivity index (χ0n) is 13.4. The first-order valence-corrected chi connectivity index (χ1v) is 7.07. The average molecular weight is 309 g/mol. The molecule has 7 heteroatoms. The van der Waals surface area contributed by atoms with Crippen molar-refractivity contribution in [1.82, 2.24) is 10.3 Å². The lowest BCUT2D eigenvalue weighted by molar-refractivity contribution is 0.0526. The van der Waals surface area contributed by atoms with Crippen molar-refractivity contribution in [2.24, 2.45) is 0 Å². The molecule has 0 radical (unpaired) electrons. The van der Waals surface area contributed by atoms with E-state index in [1.165, 1.54) is 13.3 Å². The van der Waals surface area contributed by atoms with Crippen LogP contribution in [0.15, 0.2) is 18.3 Å². The summed E-state index contributed by atoms with van der Waals surface area (Å²) in [6, 6.07) is 3.38. The number of carbonyl (C=O) groups is 2. The standard InChI is InChI=1S/C15H23N3O4/c1-15(2,3)22-14(20)18-8-5-7-16-11-6-9-17-12(10-11)13(19)21-4/h6,9-10H,5,7-8H2,1-4H3,(H,16,17)(H,18,20). The number of hydrogen-bond acceptors (Lipinski definition) is 6. The highest BCUT2D eigenvalue weighted by molar-refractivity contribution is 5.88. The lowest BCUT2D eigenvalue weighted by Gasteiger charge is -2.19. The summed E-state index contributed by atoms with van der Waals surface area (Å²) in [6.07, 6.45) is 1.83. The van der Waals surface area contributed by atoms with E-state index in [2.05, 4.69) is 20.4 Å². The lowest BCUT2D eigenvalue weighted by atomic mass is 10.2. The van der Waals surface area contributed by atoms with Crippen molar-refractivity contribution in [2.75, 3.05) is 25.5 Å². The van der Waals surface area contributed by atoms with Gasteiger partial charge in [-0.25, -0.2) is 14.6 Å². The number of carbonyl (C=O) groups excluding carboxylic acids is 2. The Morgan fingerprint density at radius 3 is 2.64 bits per heavy atom. The maximum atomic E-state index is 11.4. The van der Waals surface area contributed by atoms with Gasteiger partial charge in [-0.15, -0.1) is 0 Å². The highest BCUT2D eigenvalue weighted by Crippen LogP contribution is 2.09. The number of nitrogens with one attached hydrogen (secondary N) is 2. The maximum absolute atomic E-state index is 11.4. The van der Waals surface area contributed by atoms with E-state index < -0.39 is 17.7 Å². The van der Waals surface area contributed by atoms with Crippen molar-refractivity contribution in [3.63, 3.8) is 0 Å². The van der Waals surface area contributed by atoms with Gasteiger partial charge in [0.15, 0.2) is 0 Å². The van der Waals surface area contributed by atoms with E-state index in [9.17, 15) is 9.59 Å². The molecule has 0 spiro atoms. The topological polar surface area (TPSA) is 89.6 Å². The van der Waals surface area contributed by atoms with Crippen LogP contribution < -0.4 is 10.6 Å². The van der Waals surface area contributed by atoms with Crippen LogP contribution in [0.4, 0.5) is 10.5 Å². The summed E-state index contributed by atoms with van der Waals surface area (Å²) in [5.74, 6) is -0.477. The molecule has 0 aliphatic heterocycles. The Labute approximate surface area is 130 Å². The number of hydrogen-bond donors (Lipinski definition) is 2. The minimum atomic E-state index is -0.496. The van der Waals surface area contributed by atoms with Gasteiger partial charge in [0.25, 0.3) is 0 Å². The van der Waals surface area contributed by atoms with Gasteiger partial charge >= 0.3 is 12.1 Å². The molecule has 0 saturated heterocycles. The molecule has 0 unspecified atom stereocenters. The summed E-state index contributed by atoms with van der Waals surface area (Å²) in [7, 11) is 1.31. The molecular weight excluding hydrogens is 286 g/mol. The molecule has 1 amide bonds. The summed E-state index contributed by atoms with van der Waals surface area (Å²) in [4.78, 5) is 26.7. The SMILES string of the molecule is COC(=O)c1cc(NCCCNC(=O)OC(C)(C)C)ccn1. The molecule has 0 aromatic carbocycles. The molecule has 2 N–H and O–H groups in total. The second-order valence-electron chi connectivity index (χ2n) is 5.63. The highest BCUT2D eigenvalue weighted by atomic mass is 16.6. The summed E-state index contributed by atoms with van der Waals surface area (Å²) in [5.41, 5.74) is 0.524. The molecule has 0 aliphatic rings.